The maximum atomic E-state index is 11.4. The van der Waals surface area contributed by atoms with Crippen LogP contribution in [0.25, 0.3) is 21.9 Å². The quantitative estimate of drug-likeness (QED) is 0.313. The first-order valence-corrected chi connectivity index (χ1v) is 15.8. The number of benzene rings is 2. The SMILES string of the molecule is CC1(C)OB(c2cccc3c(NS(C)(=O)=O)noc23)OC1(C)C.CS(=O)(=O)Nc1noc2c(Br)cccc12. The molecular formula is C22H26BBrN4O8S2. The first-order valence-electron chi connectivity index (χ1n) is 11.2. The van der Waals surface area contributed by atoms with Crippen molar-refractivity contribution in [1.82, 2.24) is 10.3 Å². The molecule has 0 spiro atoms. The third-order valence-corrected chi connectivity index (χ3v) is 7.80. The molecule has 1 aliphatic heterocycles. The van der Waals surface area contributed by atoms with E-state index in [2.05, 4.69) is 35.7 Å². The lowest BCUT2D eigenvalue weighted by Crippen LogP contribution is -2.41. The maximum absolute atomic E-state index is 11.4. The molecule has 0 aliphatic carbocycles. The van der Waals surface area contributed by atoms with Crippen LogP contribution in [0.5, 0.6) is 0 Å². The first-order chi connectivity index (χ1) is 17.5. The van der Waals surface area contributed by atoms with Crippen LogP contribution in [0.15, 0.2) is 49.9 Å². The Bertz CT molecular complexity index is 1700. The molecule has 1 fully saturated rings. The number of hydrogen-bond donors (Lipinski definition) is 2. The molecule has 5 rings (SSSR count). The predicted octanol–water partition coefficient (Wildman–Crippen LogP) is 3.46. The van der Waals surface area contributed by atoms with Crippen molar-refractivity contribution in [1.29, 1.82) is 0 Å². The van der Waals surface area contributed by atoms with Crippen molar-refractivity contribution in [3.05, 3.63) is 40.9 Å². The Kier molecular flexibility index (Phi) is 7.33. The van der Waals surface area contributed by atoms with E-state index in [1.54, 1.807) is 30.3 Å². The van der Waals surface area contributed by atoms with Crippen molar-refractivity contribution in [2.24, 2.45) is 0 Å². The van der Waals surface area contributed by atoms with Crippen molar-refractivity contribution >= 4 is 82.1 Å². The Labute approximate surface area is 228 Å². The second-order valence-electron chi connectivity index (χ2n) is 9.74. The molecule has 0 saturated carbocycles. The van der Waals surface area contributed by atoms with Gasteiger partial charge in [0.1, 0.15) is 0 Å². The summed E-state index contributed by atoms with van der Waals surface area (Å²) in [7, 11) is -7.39. The summed E-state index contributed by atoms with van der Waals surface area (Å²) in [5.74, 6) is 0.356. The number of fused-ring (bicyclic) bond motifs is 2. The average Bonchev–Trinajstić information content (AvgIpc) is 3.42. The summed E-state index contributed by atoms with van der Waals surface area (Å²) in [6.45, 7) is 7.85. The second kappa shape index (κ2) is 9.82. The van der Waals surface area contributed by atoms with Gasteiger partial charge < -0.3 is 18.4 Å². The van der Waals surface area contributed by atoms with Gasteiger partial charge in [-0.3, -0.25) is 9.44 Å². The van der Waals surface area contributed by atoms with Gasteiger partial charge in [0.25, 0.3) is 0 Å². The molecule has 1 aliphatic rings. The van der Waals surface area contributed by atoms with Gasteiger partial charge in [0, 0.05) is 5.46 Å². The highest BCUT2D eigenvalue weighted by molar-refractivity contribution is 9.10. The highest BCUT2D eigenvalue weighted by atomic mass is 79.9. The minimum atomic E-state index is -3.44. The van der Waals surface area contributed by atoms with E-state index in [0.717, 1.165) is 17.0 Å². The molecule has 0 unspecified atom stereocenters. The molecule has 4 aromatic rings. The summed E-state index contributed by atoms with van der Waals surface area (Å²) in [4.78, 5) is 0. The standard InChI is InChI=1S/C14H19BN2O5S.C8H7BrN2O3S/c1-13(2)14(3,4)22-15(21-13)10-8-6-7-9-11(10)20-16-12(9)17-23(5,18)19;1-15(12,13)11-8-5-3-2-4-6(9)7(5)14-10-8/h6-8H,1-5H3,(H,16,17);2-4H,1H3,(H,10,11). The minimum Gasteiger partial charge on any atom is -0.399 e. The molecule has 0 atom stereocenters. The summed E-state index contributed by atoms with van der Waals surface area (Å²) in [6, 6.07) is 10.6. The summed E-state index contributed by atoms with van der Waals surface area (Å²) in [6.07, 6.45) is 2.12. The number of anilines is 2. The molecule has 204 valence electrons. The molecule has 2 N–H and O–H groups in total. The fraction of sp³-hybridized carbons (Fsp3) is 0.364. The summed E-state index contributed by atoms with van der Waals surface area (Å²) >= 11 is 3.28. The fourth-order valence-electron chi connectivity index (χ4n) is 3.57. The van der Waals surface area contributed by atoms with Crippen molar-refractivity contribution in [3.63, 3.8) is 0 Å². The van der Waals surface area contributed by atoms with Gasteiger partial charge in [-0.1, -0.05) is 28.5 Å². The molecule has 1 saturated heterocycles. The topological polar surface area (TPSA) is 163 Å². The Morgan fingerprint density at radius 2 is 1.21 bits per heavy atom. The van der Waals surface area contributed by atoms with E-state index in [-0.39, 0.29) is 11.6 Å². The van der Waals surface area contributed by atoms with Gasteiger partial charge in [0.15, 0.2) is 22.8 Å². The summed E-state index contributed by atoms with van der Waals surface area (Å²) in [5, 5.41) is 8.63. The third kappa shape index (κ3) is 5.99. The molecular weight excluding hydrogens is 603 g/mol. The van der Waals surface area contributed by atoms with E-state index in [1.807, 2.05) is 33.8 Å². The van der Waals surface area contributed by atoms with Gasteiger partial charge in [-0.05, 0) is 61.8 Å². The van der Waals surface area contributed by atoms with Crippen LogP contribution in [0, 0.1) is 0 Å². The zero-order chi connectivity index (χ0) is 28.1. The maximum Gasteiger partial charge on any atom is 0.498 e. The van der Waals surface area contributed by atoms with E-state index in [0.29, 0.717) is 27.4 Å². The number of nitrogens with zero attached hydrogens (tertiary/aromatic N) is 2. The highest BCUT2D eigenvalue weighted by Gasteiger charge is 2.52. The number of aromatic nitrogens is 2. The van der Waals surface area contributed by atoms with Crippen LogP contribution in [-0.4, -0.2) is 58.0 Å². The van der Waals surface area contributed by atoms with Crippen LogP contribution in [0.2, 0.25) is 0 Å². The van der Waals surface area contributed by atoms with Gasteiger partial charge in [-0.2, -0.15) is 0 Å². The number of halogens is 1. The number of nitrogens with one attached hydrogen (secondary N) is 2. The van der Waals surface area contributed by atoms with Crippen LogP contribution in [0.1, 0.15) is 27.7 Å². The largest absolute Gasteiger partial charge is 0.498 e. The van der Waals surface area contributed by atoms with E-state index >= 15 is 0 Å². The molecule has 38 heavy (non-hydrogen) atoms. The lowest BCUT2D eigenvalue weighted by atomic mass is 9.78. The number of rotatable bonds is 5. The number of sulfonamides is 2. The highest BCUT2D eigenvalue weighted by Crippen LogP contribution is 2.37. The first kappa shape index (κ1) is 28.4. The average molecular weight is 629 g/mol. The Morgan fingerprint density at radius 1 is 0.763 bits per heavy atom. The molecule has 12 nitrogen and oxygen atoms in total. The van der Waals surface area contributed by atoms with E-state index in [4.69, 9.17) is 18.4 Å². The monoisotopic (exact) mass is 628 g/mol. The summed E-state index contributed by atoms with van der Waals surface area (Å²) in [5.41, 5.74) is 0.678. The number of para-hydroxylation sites is 2. The van der Waals surface area contributed by atoms with Crippen molar-refractivity contribution in [2.45, 2.75) is 38.9 Å². The van der Waals surface area contributed by atoms with E-state index in [9.17, 15) is 16.8 Å². The van der Waals surface area contributed by atoms with Crippen LogP contribution >= 0.6 is 15.9 Å². The Morgan fingerprint density at radius 3 is 1.71 bits per heavy atom. The molecule has 3 heterocycles. The number of hydrogen-bond acceptors (Lipinski definition) is 10. The molecule has 0 amide bonds. The van der Waals surface area contributed by atoms with Crippen molar-refractivity contribution in [2.75, 3.05) is 22.0 Å². The van der Waals surface area contributed by atoms with Gasteiger partial charge in [0.2, 0.25) is 20.0 Å². The zero-order valence-corrected chi connectivity index (χ0v) is 24.6. The van der Waals surface area contributed by atoms with Gasteiger partial charge in [-0.25, -0.2) is 16.8 Å². The van der Waals surface area contributed by atoms with E-state index < -0.39 is 38.4 Å². The zero-order valence-electron chi connectivity index (χ0n) is 21.4. The molecule has 16 heteroatoms. The van der Waals surface area contributed by atoms with Crippen LogP contribution in [-0.2, 0) is 29.4 Å². The second-order valence-corrected chi connectivity index (χ2v) is 14.1. The van der Waals surface area contributed by atoms with Crippen molar-refractivity contribution < 1.29 is 35.2 Å². The molecule has 2 aromatic heterocycles. The third-order valence-electron chi connectivity index (χ3n) is 6.05. The van der Waals surface area contributed by atoms with Gasteiger partial charge in [0.05, 0.1) is 39.0 Å². The normalized spacial score (nSPS) is 16.9. The molecule has 0 radical (unpaired) electrons. The lowest BCUT2D eigenvalue weighted by molar-refractivity contribution is 0.00578. The van der Waals surface area contributed by atoms with Gasteiger partial charge >= 0.3 is 7.12 Å². The Hall–Kier alpha value is -2.66. The van der Waals surface area contributed by atoms with Crippen LogP contribution in [0.3, 0.4) is 0 Å². The van der Waals surface area contributed by atoms with E-state index in [1.165, 1.54) is 0 Å². The molecule has 0 bridgehead atoms. The fourth-order valence-corrected chi connectivity index (χ4v) is 5.00. The molecule has 2 aromatic carbocycles. The Balaban J connectivity index is 0.000000194. The smallest absolute Gasteiger partial charge is 0.399 e. The van der Waals surface area contributed by atoms with Gasteiger partial charge in [-0.15, -0.1) is 0 Å². The predicted molar refractivity (Wildman–Crippen MR) is 148 cm³/mol. The summed E-state index contributed by atoms with van der Waals surface area (Å²) < 4.78 is 72.6. The minimum absolute atomic E-state index is 0.154. The van der Waals surface area contributed by atoms with Crippen LogP contribution < -0.4 is 14.9 Å². The van der Waals surface area contributed by atoms with Crippen LogP contribution in [0.4, 0.5) is 11.6 Å². The van der Waals surface area contributed by atoms with Crippen molar-refractivity contribution in [3.8, 4) is 0 Å². The lowest BCUT2D eigenvalue weighted by Gasteiger charge is -2.32.